The number of aryl methyl sites for hydroxylation is 1. The third-order valence-corrected chi connectivity index (χ3v) is 4.47. The molecule has 0 bridgehead atoms. The number of hydrogen-bond donors (Lipinski definition) is 1. The molecule has 5 nitrogen and oxygen atoms in total. The summed E-state index contributed by atoms with van der Waals surface area (Å²) in [5.74, 6) is -1.24. The van der Waals surface area contributed by atoms with Crippen molar-refractivity contribution in [3.05, 3.63) is 65.5 Å². The van der Waals surface area contributed by atoms with E-state index in [0.29, 0.717) is 0 Å². The van der Waals surface area contributed by atoms with Crippen LogP contribution in [0.2, 0.25) is 0 Å². The van der Waals surface area contributed by atoms with E-state index >= 15 is 0 Å². The molecule has 2 rings (SSSR count). The Morgan fingerprint density at radius 2 is 1.70 bits per heavy atom. The summed E-state index contributed by atoms with van der Waals surface area (Å²) < 4.78 is 43.7. The summed E-state index contributed by atoms with van der Waals surface area (Å²) >= 11 is 0. The molecule has 0 aliphatic heterocycles. The average Bonchev–Trinajstić information content (AvgIpc) is 2.53. The molecular formula is C16H16FNO4S. The lowest BCUT2D eigenvalue weighted by Crippen LogP contribution is -2.30. The van der Waals surface area contributed by atoms with Crippen LogP contribution in [0, 0.1) is 12.7 Å². The molecule has 0 fully saturated rings. The second kappa shape index (κ2) is 7.34. The van der Waals surface area contributed by atoms with Crippen LogP contribution in [0.4, 0.5) is 4.39 Å². The molecular weight excluding hydrogens is 321 g/mol. The highest BCUT2D eigenvalue weighted by atomic mass is 32.2. The molecule has 0 aromatic heterocycles. The predicted molar refractivity (Wildman–Crippen MR) is 82.6 cm³/mol. The van der Waals surface area contributed by atoms with Crippen LogP contribution in [-0.4, -0.2) is 20.9 Å². The van der Waals surface area contributed by atoms with Gasteiger partial charge in [0, 0.05) is 0 Å². The fourth-order valence-electron chi connectivity index (χ4n) is 1.75. The van der Waals surface area contributed by atoms with Crippen molar-refractivity contribution in [2.75, 3.05) is 6.54 Å². The molecule has 0 spiro atoms. The van der Waals surface area contributed by atoms with E-state index in [1.807, 2.05) is 31.2 Å². The first-order valence-electron chi connectivity index (χ1n) is 6.83. The number of nitrogens with one attached hydrogen (secondary N) is 1. The van der Waals surface area contributed by atoms with E-state index in [0.717, 1.165) is 35.4 Å². The Morgan fingerprint density at radius 1 is 1.09 bits per heavy atom. The SMILES string of the molecule is Cc1ccc(COC(=O)CNS(=O)(=O)c2ccc(F)cc2)cc1. The van der Waals surface area contributed by atoms with E-state index in [4.69, 9.17) is 4.74 Å². The zero-order valence-electron chi connectivity index (χ0n) is 12.5. The minimum Gasteiger partial charge on any atom is -0.460 e. The lowest BCUT2D eigenvalue weighted by molar-refractivity contribution is -0.143. The number of rotatable bonds is 6. The number of benzene rings is 2. The molecule has 2 aromatic carbocycles. The van der Waals surface area contributed by atoms with Crippen molar-refractivity contribution in [2.45, 2.75) is 18.4 Å². The second-order valence-corrected chi connectivity index (χ2v) is 6.69. The first kappa shape index (κ1) is 17.1. The molecule has 0 heterocycles. The van der Waals surface area contributed by atoms with E-state index in [2.05, 4.69) is 4.72 Å². The topological polar surface area (TPSA) is 72.5 Å². The number of sulfonamides is 1. The average molecular weight is 337 g/mol. The monoisotopic (exact) mass is 337 g/mol. The van der Waals surface area contributed by atoms with Gasteiger partial charge in [-0.15, -0.1) is 0 Å². The summed E-state index contributed by atoms with van der Waals surface area (Å²) in [7, 11) is -3.88. The van der Waals surface area contributed by atoms with Crippen LogP contribution in [0.25, 0.3) is 0 Å². The highest BCUT2D eigenvalue weighted by Gasteiger charge is 2.16. The van der Waals surface area contributed by atoms with Crippen LogP contribution < -0.4 is 4.72 Å². The fourth-order valence-corrected chi connectivity index (χ4v) is 2.72. The van der Waals surface area contributed by atoms with Crippen molar-refractivity contribution >= 4 is 16.0 Å². The normalized spacial score (nSPS) is 11.2. The van der Waals surface area contributed by atoms with E-state index in [1.54, 1.807) is 0 Å². The largest absolute Gasteiger partial charge is 0.460 e. The van der Waals surface area contributed by atoms with Gasteiger partial charge >= 0.3 is 5.97 Å². The highest BCUT2D eigenvalue weighted by Crippen LogP contribution is 2.09. The highest BCUT2D eigenvalue weighted by molar-refractivity contribution is 7.89. The summed E-state index contributed by atoms with van der Waals surface area (Å²) in [5.41, 5.74) is 1.90. The third-order valence-electron chi connectivity index (χ3n) is 3.05. The van der Waals surface area contributed by atoms with Crippen molar-refractivity contribution in [1.29, 1.82) is 0 Å². The summed E-state index contributed by atoms with van der Waals surface area (Å²) in [6.45, 7) is 1.52. The maximum Gasteiger partial charge on any atom is 0.321 e. The lowest BCUT2D eigenvalue weighted by Gasteiger charge is -2.08. The van der Waals surface area contributed by atoms with Crippen molar-refractivity contribution in [2.24, 2.45) is 0 Å². The predicted octanol–water partition coefficient (Wildman–Crippen LogP) is 2.16. The Balaban J connectivity index is 1.86. The van der Waals surface area contributed by atoms with Crippen LogP contribution in [0.1, 0.15) is 11.1 Å². The van der Waals surface area contributed by atoms with Gasteiger partial charge in [0.05, 0.1) is 4.90 Å². The summed E-state index contributed by atoms with van der Waals surface area (Å²) in [6.07, 6.45) is 0. The zero-order chi connectivity index (χ0) is 16.9. The van der Waals surface area contributed by atoms with Gasteiger partial charge in [0.15, 0.2) is 0 Å². The Hall–Kier alpha value is -2.25. The van der Waals surface area contributed by atoms with Gasteiger partial charge in [-0.2, -0.15) is 4.72 Å². The molecule has 0 amide bonds. The molecule has 122 valence electrons. The molecule has 0 aliphatic rings. The van der Waals surface area contributed by atoms with Gasteiger partial charge in [0.25, 0.3) is 0 Å². The molecule has 0 saturated heterocycles. The Morgan fingerprint density at radius 3 is 2.30 bits per heavy atom. The van der Waals surface area contributed by atoms with Gasteiger partial charge in [-0.05, 0) is 36.8 Å². The lowest BCUT2D eigenvalue weighted by atomic mass is 10.2. The van der Waals surface area contributed by atoms with Gasteiger partial charge in [-0.1, -0.05) is 29.8 Å². The van der Waals surface area contributed by atoms with Crippen molar-refractivity contribution in [3.8, 4) is 0 Å². The van der Waals surface area contributed by atoms with Crippen LogP contribution in [-0.2, 0) is 26.2 Å². The van der Waals surface area contributed by atoms with Gasteiger partial charge < -0.3 is 4.74 Å². The van der Waals surface area contributed by atoms with Gasteiger partial charge in [-0.25, -0.2) is 12.8 Å². The maximum atomic E-state index is 12.8. The van der Waals surface area contributed by atoms with Gasteiger partial charge in [0.2, 0.25) is 10.0 Å². The van der Waals surface area contributed by atoms with Gasteiger partial charge in [-0.3, -0.25) is 4.79 Å². The zero-order valence-corrected chi connectivity index (χ0v) is 13.3. The van der Waals surface area contributed by atoms with Crippen molar-refractivity contribution < 1.29 is 22.3 Å². The van der Waals surface area contributed by atoms with Gasteiger partial charge in [0.1, 0.15) is 19.0 Å². The Bertz CT molecular complexity index is 771. The number of hydrogen-bond acceptors (Lipinski definition) is 4. The summed E-state index contributed by atoms with van der Waals surface area (Å²) in [6, 6.07) is 11.7. The number of carbonyl (C=O) groups is 1. The van der Waals surface area contributed by atoms with E-state index in [9.17, 15) is 17.6 Å². The molecule has 0 atom stereocenters. The molecule has 0 saturated carbocycles. The van der Waals surface area contributed by atoms with Crippen LogP contribution >= 0.6 is 0 Å². The molecule has 0 unspecified atom stereocenters. The number of carbonyl (C=O) groups excluding carboxylic acids is 1. The quantitative estimate of drug-likeness (QED) is 0.820. The molecule has 0 aliphatic carbocycles. The van der Waals surface area contributed by atoms with E-state index in [-0.39, 0.29) is 11.5 Å². The molecule has 23 heavy (non-hydrogen) atoms. The van der Waals surface area contributed by atoms with Crippen molar-refractivity contribution in [1.82, 2.24) is 4.72 Å². The minimum absolute atomic E-state index is 0.0669. The first-order valence-corrected chi connectivity index (χ1v) is 8.31. The maximum absolute atomic E-state index is 12.8. The molecule has 7 heteroatoms. The number of esters is 1. The number of ether oxygens (including phenoxy) is 1. The second-order valence-electron chi connectivity index (χ2n) is 4.92. The number of halogens is 1. The minimum atomic E-state index is -3.88. The van der Waals surface area contributed by atoms with Crippen LogP contribution in [0.15, 0.2) is 53.4 Å². The van der Waals surface area contributed by atoms with E-state index < -0.39 is 28.4 Å². The van der Waals surface area contributed by atoms with Crippen molar-refractivity contribution in [3.63, 3.8) is 0 Å². The Labute approximate surface area is 134 Å². The summed E-state index contributed by atoms with van der Waals surface area (Å²) in [4.78, 5) is 11.5. The Kier molecular flexibility index (Phi) is 5.46. The summed E-state index contributed by atoms with van der Waals surface area (Å²) in [5, 5.41) is 0. The van der Waals surface area contributed by atoms with Crippen LogP contribution in [0.5, 0.6) is 0 Å². The smallest absolute Gasteiger partial charge is 0.321 e. The first-order chi connectivity index (χ1) is 10.9. The fraction of sp³-hybridized carbons (Fsp3) is 0.188. The molecule has 0 radical (unpaired) electrons. The third kappa shape index (κ3) is 5.15. The van der Waals surface area contributed by atoms with Crippen LogP contribution in [0.3, 0.4) is 0 Å². The molecule has 1 N–H and O–H groups in total. The molecule has 2 aromatic rings. The van der Waals surface area contributed by atoms with E-state index in [1.165, 1.54) is 0 Å². The standard InChI is InChI=1S/C16H16FNO4S/c1-12-2-4-13(5-3-12)11-22-16(19)10-18-23(20,21)15-8-6-14(17)7-9-15/h2-9,18H,10-11H2,1H3.